The maximum Gasteiger partial charge on any atom is 0.330 e. The smallest absolute Gasteiger partial charge is 0.330 e. The lowest BCUT2D eigenvalue weighted by atomic mass is 10.2. The van der Waals surface area contributed by atoms with Gasteiger partial charge in [0.25, 0.3) is 0 Å². The van der Waals surface area contributed by atoms with Gasteiger partial charge in [0, 0.05) is 18.6 Å². The number of rotatable bonds is 7. The summed E-state index contributed by atoms with van der Waals surface area (Å²) in [5, 5.41) is 0. The summed E-state index contributed by atoms with van der Waals surface area (Å²) in [7, 11) is 0. The fraction of sp³-hybridized carbons (Fsp3) is 0.200. The van der Waals surface area contributed by atoms with E-state index in [4.69, 9.17) is 9.47 Å². The highest BCUT2D eigenvalue weighted by molar-refractivity contribution is 5.87. The minimum Gasteiger partial charge on any atom is -0.462 e. The number of carbonyl (C=O) groups excluding carboxylic acids is 2. The Morgan fingerprint density at radius 3 is 2.32 bits per heavy atom. The van der Waals surface area contributed by atoms with Crippen molar-refractivity contribution in [2.45, 2.75) is 6.42 Å². The summed E-state index contributed by atoms with van der Waals surface area (Å²) in [6, 6.07) is 9.45. The minimum absolute atomic E-state index is 0.209. The van der Waals surface area contributed by atoms with E-state index in [1.165, 1.54) is 6.08 Å². The second kappa shape index (κ2) is 8.69. The Labute approximate surface area is 112 Å². The zero-order chi connectivity index (χ0) is 13.9. The van der Waals surface area contributed by atoms with E-state index in [9.17, 15) is 9.59 Å². The molecule has 0 aromatic heterocycles. The molecule has 100 valence electrons. The summed E-state index contributed by atoms with van der Waals surface area (Å²) in [5.41, 5.74) is 0.930. The fourth-order valence-corrected chi connectivity index (χ4v) is 1.24. The van der Waals surface area contributed by atoms with Gasteiger partial charge in [-0.15, -0.1) is 0 Å². The lowest BCUT2D eigenvalue weighted by molar-refractivity contribution is -0.140. The molecule has 0 aliphatic rings. The quantitative estimate of drug-likeness (QED) is 0.429. The highest BCUT2D eigenvalue weighted by atomic mass is 16.5. The molecular formula is C15H16O4. The lowest BCUT2D eigenvalue weighted by Gasteiger charge is -2.02. The third-order valence-corrected chi connectivity index (χ3v) is 2.16. The van der Waals surface area contributed by atoms with Gasteiger partial charge in [-0.05, 0) is 11.6 Å². The van der Waals surface area contributed by atoms with Crippen molar-refractivity contribution in [3.63, 3.8) is 0 Å². The monoisotopic (exact) mass is 260 g/mol. The molecule has 0 unspecified atom stereocenters. The molecule has 0 saturated carbocycles. The molecule has 0 heterocycles. The van der Waals surface area contributed by atoms with Gasteiger partial charge < -0.3 is 9.47 Å². The van der Waals surface area contributed by atoms with Gasteiger partial charge in [-0.1, -0.05) is 36.9 Å². The van der Waals surface area contributed by atoms with Crippen LogP contribution in [0, 0.1) is 0 Å². The molecule has 0 aliphatic carbocycles. The molecule has 0 bridgehead atoms. The Bertz CT molecular complexity index is 448. The van der Waals surface area contributed by atoms with E-state index in [-0.39, 0.29) is 13.2 Å². The Morgan fingerprint density at radius 1 is 1.05 bits per heavy atom. The van der Waals surface area contributed by atoms with Crippen LogP contribution in [0.25, 0.3) is 6.08 Å². The van der Waals surface area contributed by atoms with Gasteiger partial charge in [-0.3, -0.25) is 0 Å². The van der Waals surface area contributed by atoms with Gasteiger partial charge in [0.2, 0.25) is 0 Å². The first kappa shape index (κ1) is 14.7. The van der Waals surface area contributed by atoms with Crippen molar-refractivity contribution in [2.75, 3.05) is 13.2 Å². The standard InChI is InChI=1S/C15H16O4/c1-2-14(16)18-11-6-12-19-15(17)10-9-13-7-4-3-5-8-13/h2-5,7-10H,1,6,11-12H2/b10-9+. The Hall–Kier alpha value is -2.36. The van der Waals surface area contributed by atoms with Crippen LogP contribution < -0.4 is 0 Å². The zero-order valence-electron chi connectivity index (χ0n) is 10.6. The summed E-state index contributed by atoms with van der Waals surface area (Å²) in [6.45, 7) is 3.69. The number of hydrogen-bond donors (Lipinski definition) is 0. The molecule has 1 aromatic carbocycles. The van der Waals surface area contributed by atoms with Crippen molar-refractivity contribution < 1.29 is 19.1 Å². The van der Waals surface area contributed by atoms with Crippen LogP contribution in [-0.4, -0.2) is 25.2 Å². The number of benzene rings is 1. The minimum atomic E-state index is -0.477. The molecule has 0 spiro atoms. The fourth-order valence-electron chi connectivity index (χ4n) is 1.24. The summed E-state index contributed by atoms with van der Waals surface area (Å²) < 4.78 is 9.67. The van der Waals surface area contributed by atoms with Gasteiger partial charge >= 0.3 is 11.9 Å². The van der Waals surface area contributed by atoms with Crippen LogP contribution in [0.5, 0.6) is 0 Å². The molecule has 4 nitrogen and oxygen atoms in total. The topological polar surface area (TPSA) is 52.6 Å². The van der Waals surface area contributed by atoms with Crippen molar-refractivity contribution in [2.24, 2.45) is 0 Å². The zero-order valence-corrected chi connectivity index (χ0v) is 10.6. The van der Waals surface area contributed by atoms with Crippen molar-refractivity contribution in [1.29, 1.82) is 0 Å². The second-order valence-electron chi connectivity index (χ2n) is 3.64. The number of ether oxygens (including phenoxy) is 2. The molecule has 0 radical (unpaired) electrons. The van der Waals surface area contributed by atoms with Crippen LogP contribution in [0.15, 0.2) is 49.1 Å². The highest BCUT2D eigenvalue weighted by Crippen LogP contribution is 2.01. The Kier molecular flexibility index (Phi) is 6.72. The molecule has 0 saturated heterocycles. The van der Waals surface area contributed by atoms with Crippen LogP contribution in [0.1, 0.15) is 12.0 Å². The van der Waals surface area contributed by atoms with Crippen molar-refractivity contribution in [3.05, 3.63) is 54.6 Å². The molecule has 4 heteroatoms. The van der Waals surface area contributed by atoms with Crippen LogP contribution in [0.2, 0.25) is 0 Å². The normalized spacial score (nSPS) is 10.1. The van der Waals surface area contributed by atoms with E-state index in [0.29, 0.717) is 6.42 Å². The summed E-state index contributed by atoms with van der Waals surface area (Å²) in [4.78, 5) is 22.0. The number of carbonyl (C=O) groups is 2. The van der Waals surface area contributed by atoms with Gasteiger partial charge in [0.1, 0.15) is 0 Å². The van der Waals surface area contributed by atoms with E-state index in [0.717, 1.165) is 11.6 Å². The first-order valence-electron chi connectivity index (χ1n) is 5.91. The largest absolute Gasteiger partial charge is 0.462 e. The molecule has 0 atom stereocenters. The SMILES string of the molecule is C=CC(=O)OCCCOC(=O)/C=C/c1ccccc1. The van der Waals surface area contributed by atoms with Crippen molar-refractivity contribution in [3.8, 4) is 0 Å². The van der Waals surface area contributed by atoms with E-state index >= 15 is 0 Å². The third-order valence-electron chi connectivity index (χ3n) is 2.16. The van der Waals surface area contributed by atoms with E-state index in [1.54, 1.807) is 6.08 Å². The first-order chi connectivity index (χ1) is 9.22. The summed E-state index contributed by atoms with van der Waals surface area (Å²) in [5.74, 6) is -0.894. The van der Waals surface area contributed by atoms with Gasteiger partial charge in [0.05, 0.1) is 13.2 Å². The number of esters is 2. The van der Waals surface area contributed by atoms with E-state index < -0.39 is 11.9 Å². The number of hydrogen-bond acceptors (Lipinski definition) is 4. The average molecular weight is 260 g/mol. The van der Waals surface area contributed by atoms with Crippen molar-refractivity contribution >= 4 is 18.0 Å². The van der Waals surface area contributed by atoms with Gasteiger partial charge in [-0.2, -0.15) is 0 Å². The maximum atomic E-state index is 11.3. The second-order valence-corrected chi connectivity index (χ2v) is 3.64. The molecular weight excluding hydrogens is 244 g/mol. The molecule has 0 aliphatic heterocycles. The lowest BCUT2D eigenvalue weighted by Crippen LogP contribution is -2.07. The van der Waals surface area contributed by atoms with Crippen LogP contribution in [0.3, 0.4) is 0 Å². The third kappa shape index (κ3) is 6.83. The van der Waals surface area contributed by atoms with E-state index in [2.05, 4.69) is 6.58 Å². The predicted molar refractivity (Wildman–Crippen MR) is 72.2 cm³/mol. The maximum absolute atomic E-state index is 11.3. The first-order valence-corrected chi connectivity index (χ1v) is 5.91. The van der Waals surface area contributed by atoms with Crippen LogP contribution in [0.4, 0.5) is 0 Å². The molecule has 0 amide bonds. The van der Waals surface area contributed by atoms with Crippen LogP contribution in [-0.2, 0) is 19.1 Å². The van der Waals surface area contributed by atoms with E-state index in [1.807, 2.05) is 30.3 Å². The van der Waals surface area contributed by atoms with Gasteiger partial charge in [0.15, 0.2) is 0 Å². The highest BCUT2D eigenvalue weighted by Gasteiger charge is 1.98. The molecule has 0 fully saturated rings. The Balaban J connectivity index is 2.16. The van der Waals surface area contributed by atoms with Crippen molar-refractivity contribution in [1.82, 2.24) is 0 Å². The summed E-state index contributed by atoms with van der Waals surface area (Å²) in [6.07, 6.45) is 4.60. The molecule has 19 heavy (non-hydrogen) atoms. The predicted octanol–water partition coefficient (Wildman–Crippen LogP) is 2.36. The van der Waals surface area contributed by atoms with Gasteiger partial charge in [-0.25, -0.2) is 9.59 Å². The Morgan fingerprint density at radius 2 is 1.68 bits per heavy atom. The van der Waals surface area contributed by atoms with Crippen LogP contribution >= 0.6 is 0 Å². The summed E-state index contributed by atoms with van der Waals surface area (Å²) >= 11 is 0. The molecule has 0 N–H and O–H groups in total. The average Bonchev–Trinajstić information content (AvgIpc) is 2.45. The molecule has 1 aromatic rings. The molecule has 1 rings (SSSR count).